The first-order chi connectivity index (χ1) is 19.1. The molecule has 1 amide bonds. The van der Waals surface area contributed by atoms with Crippen LogP contribution in [-0.2, 0) is 20.0 Å². The van der Waals surface area contributed by atoms with E-state index in [9.17, 15) is 35.5 Å². The van der Waals surface area contributed by atoms with Gasteiger partial charge in [0.15, 0.2) is 0 Å². The van der Waals surface area contributed by atoms with E-state index >= 15 is 0 Å². The number of anilines is 3. The van der Waals surface area contributed by atoms with Crippen molar-refractivity contribution in [1.82, 2.24) is 9.71 Å². The SMILES string of the molecule is CC(C)(C)NS(=O)(=O)c1cccc(NC(=O)c2ccc(NS(=O)(=O)C3(CO)CC3)nc2N2CCC(=C(F)F)CC2)c1. The summed E-state index contributed by atoms with van der Waals surface area (Å²) >= 11 is 0. The Kier molecular flexibility index (Phi) is 8.47. The Bertz CT molecular complexity index is 1570. The van der Waals surface area contributed by atoms with Crippen molar-refractivity contribution in [2.24, 2.45) is 0 Å². The second kappa shape index (κ2) is 11.3. The van der Waals surface area contributed by atoms with Crippen molar-refractivity contribution in [3.8, 4) is 0 Å². The third kappa shape index (κ3) is 7.02. The van der Waals surface area contributed by atoms with Crippen LogP contribution >= 0.6 is 0 Å². The fourth-order valence-corrected chi connectivity index (χ4v) is 7.28. The van der Waals surface area contributed by atoms with E-state index < -0.39 is 48.9 Å². The molecule has 11 nitrogen and oxygen atoms in total. The minimum Gasteiger partial charge on any atom is -0.395 e. The number of pyridine rings is 1. The summed E-state index contributed by atoms with van der Waals surface area (Å²) in [5, 5.41) is 12.2. The van der Waals surface area contributed by atoms with Crippen LogP contribution in [0.1, 0.15) is 56.8 Å². The number of piperidine rings is 1. The fourth-order valence-electron chi connectivity index (χ4n) is 4.40. The summed E-state index contributed by atoms with van der Waals surface area (Å²) in [6.07, 6.45) is -1.08. The lowest BCUT2D eigenvalue weighted by atomic mass is 10.0. The van der Waals surface area contributed by atoms with Gasteiger partial charge in [0.2, 0.25) is 20.0 Å². The van der Waals surface area contributed by atoms with Gasteiger partial charge in [0.1, 0.15) is 16.4 Å². The molecular formula is C26H33F2N5O6S2. The second-order valence-corrected chi connectivity index (χ2v) is 15.0. The molecule has 41 heavy (non-hydrogen) atoms. The molecule has 4 N–H and O–H groups in total. The number of aromatic nitrogens is 1. The highest BCUT2D eigenvalue weighted by atomic mass is 32.2. The predicted octanol–water partition coefficient (Wildman–Crippen LogP) is 3.43. The lowest BCUT2D eigenvalue weighted by molar-refractivity contribution is 0.102. The number of amides is 1. The molecule has 0 atom stereocenters. The number of carbonyl (C=O) groups is 1. The van der Waals surface area contributed by atoms with E-state index in [-0.39, 0.29) is 59.3 Å². The molecule has 0 bridgehead atoms. The molecule has 2 heterocycles. The molecule has 2 aromatic rings. The van der Waals surface area contributed by atoms with E-state index in [0.717, 1.165) is 0 Å². The average Bonchev–Trinajstić information content (AvgIpc) is 3.69. The van der Waals surface area contributed by atoms with Gasteiger partial charge in [0.25, 0.3) is 12.0 Å². The monoisotopic (exact) mass is 613 g/mol. The van der Waals surface area contributed by atoms with Crippen LogP contribution in [0, 0.1) is 0 Å². The average molecular weight is 614 g/mol. The van der Waals surface area contributed by atoms with Gasteiger partial charge >= 0.3 is 0 Å². The van der Waals surface area contributed by atoms with Crippen LogP contribution in [0.4, 0.5) is 26.1 Å². The molecule has 0 unspecified atom stereocenters. The zero-order chi connectivity index (χ0) is 30.2. The number of aliphatic hydroxyl groups excluding tert-OH is 1. The number of sulfonamides is 2. The van der Waals surface area contributed by atoms with E-state index in [1.807, 2.05) is 0 Å². The van der Waals surface area contributed by atoms with Crippen LogP contribution in [0.5, 0.6) is 0 Å². The summed E-state index contributed by atoms with van der Waals surface area (Å²) < 4.78 is 81.1. The van der Waals surface area contributed by atoms with Gasteiger partial charge in [0.05, 0.1) is 17.1 Å². The minimum atomic E-state index is -3.98. The Hall–Kier alpha value is -3.14. The second-order valence-electron chi connectivity index (χ2n) is 11.2. The maximum Gasteiger partial charge on any atom is 0.269 e. The van der Waals surface area contributed by atoms with Gasteiger partial charge in [-0.2, -0.15) is 8.78 Å². The maximum absolute atomic E-state index is 13.4. The van der Waals surface area contributed by atoms with Crippen molar-refractivity contribution < 1.29 is 35.5 Å². The summed E-state index contributed by atoms with van der Waals surface area (Å²) in [4.78, 5) is 19.3. The fraction of sp³-hybridized carbons (Fsp3) is 0.462. The lowest BCUT2D eigenvalue weighted by Gasteiger charge is -2.30. The Labute approximate surface area is 238 Å². The van der Waals surface area contributed by atoms with E-state index in [1.54, 1.807) is 25.7 Å². The lowest BCUT2D eigenvalue weighted by Crippen LogP contribution is -2.40. The predicted molar refractivity (Wildman–Crippen MR) is 151 cm³/mol. The van der Waals surface area contributed by atoms with Gasteiger partial charge in [-0.15, -0.1) is 0 Å². The number of carbonyl (C=O) groups excluding carboxylic acids is 1. The van der Waals surface area contributed by atoms with Crippen molar-refractivity contribution >= 4 is 43.3 Å². The van der Waals surface area contributed by atoms with Gasteiger partial charge < -0.3 is 15.3 Å². The summed E-state index contributed by atoms with van der Waals surface area (Å²) in [6, 6.07) is 8.33. The Morgan fingerprint density at radius 1 is 1.07 bits per heavy atom. The summed E-state index contributed by atoms with van der Waals surface area (Å²) in [5.41, 5.74) is -0.508. The Morgan fingerprint density at radius 3 is 2.29 bits per heavy atom. The van der Waals surface area contributed by atoms with Crippen LogP contribution in [0.2, 0.25) is 0 Å². The number of aliphatic hydroxyl groups is 1. The molecule has 1 saturated carbocycles. The first kappa shape index (κ1) is 30.8. The van der Waals surface area contributed by atoms with Crippen LogP contribution in [0.3, 0.4) is 0 Å². The van der Waals surface area contributed by atoms with Crippen molar-refractivity contribution in [3.63, 3.8) is 0 Å². The molecule has 4 rings (SSSR count). The first-order valence-electron chi connectivity index (χ1n) is 12.9. The smallest absolute Gasteiger partial charge is 0.269 e. The molecule has 1 aromatic heterocycles. The number of benzene rings is 1. The van der Waals surface area contributed by atoms with Gasteiger partial charge in [-0.1, -0.05) is 6.07 Å². The highest BCUT2D eigenvalue weighted by Gasteiger charge is 2.54. The quantitative estimate of drug-likeness (QED) is 0.335. The van der Waals surface area contributed by atoms with E-state index in [4.69, 9.17) is 0 Å². The summed E-state index contributed by atoms with van der Waals surface area (Å²) in [6.45, 7) is 4.77. The number of hydrogen-bond donors (Lipinski definition) is 4. The van der Waals surface area contributed by atoms with Crippen LogP contribution in [0.15, 0.2) is 52.9 Å². The summed E-state index contributed by atoms with van der Waals surface area (Å²) in [5.74, 6) is -0.670. The highest BCUT2D eigenvalue weighted by Crippen LogP contribution is 2.43. The first-order valence-corrected chi connectivity index (χ1v) is 15.9. The molecule has 0 radical (unpaired) electrons. The number of nitrogens with zero attached hydrogens (tertiary/aromatic N) is 2. The van der Waals surface area contributed by atoms with Gasteiger partial charge in [-0.3, -0.25) is 9.52 Å². The minimum absolute atomic E-state index is 0.00428. The zero-order valence-corrected chi connectivity index (χ0v) is 24.5. The molecule has 2 aliphatic rings. The van der Waals surface area contributed by atoms with Crippen molar-refractivity contribution in [1.29, 1.82) is 0 Å². The molecule has 15 heteroatoms. The molecule has 2 fully saturated rings. The molecule has 1 aromatic carbocycles. The summed E-state index contributed by atoms with van der Waals surface area (Å²) in [7, 11) is -7.87. The molecule has 0 spiro atoms. The molecule has 1 saturated heterocycles. The third-order valence-electron chi connectivity index (χ3n) is 6.80. The van der Waals surface area contributed by atoms with E-state index in [1.165, 1.54) is 36.4 Å². The van der Waals surface area contributed by atoms with Gasteiger partial charge in [0, 0.05) is 24.3 Å². The van der Waals surface area contributed by atoms with Gasteiger partial charge in [-0.25, -0.2) is 26.5 Å². The van der Waals surface area contributed by atoms with E-state index in [0.29, 0.717) is 12.8 Å². The van der Waals surface area contributed by atoms with Crippen molar-refractivity contribution in [2.75, 3.05) is 34.6 Å². The van der Waals surface area contributed by atoms with Crippen LogP contribution in [0.25, 0.3) is 0 Å². The number of hydrogen-bond acceptors (Lipinski definition) is 8. The van der Waals surface area contributed by atoms with Crippen molar-refractivity contribution in [2.45, 2.75) is 61.6 Å². The molecular weight excluding hydrogens is 580 g/mol. The largest absolute Gasteiger partial charge is 0.395 e. The molecule has 1 aliphatic heterocycles. The topological polar surface area (TPSA) is 158 Å². The third-order valence-corrected chi connectivity index (χ3v) is 10.7. The number of halogens is 2. The number of nitrogens with one attached hydrogen (secondary N) is 3. The zero-order valence-electron chi connectivity index (χ0n) is 22.9. The maximum atomic E-state index is 13.4. The van der Waals surface area contributed by atoms with Crippen LogP contribution in [-0.4, -0.2) is 62.8 Å². The molecule has 1 aliphatic carbocycles. The highest BCUT2D eigenvalue weighted by molar-refractivity contribution is 7.94. The standard InChI is InChI=1S/C26H33F2N5O6S2/c1-25(2,3)32-40(36,37)19-6-4-5-18(15-19)29-24(35)20-7-8-21(31-41(38,39)26(16-34)11-12-26)30-23(20)33-13-9-17(10-14-33)22(27)28/h4-8,15,32,34H,9-14,16H2,1-3H3,(H,29,35)(H,30,31). The van der Waals surface area contributed by atoms with E-state index in [2.05, 4.69) is 19.7 Å². The normalized spacial score (nSPS) is 17.2. The van der Waals surface area contributed by atoms with Crippen molar-refractivity contribution in [3.05, 3.63) is 53.6 Å². The van der Waals surface area contributed by atoms with Crippen LogP contribution < -0.4 is 19.7 Å². The number of rotatable bonds is 9. The Balaban J connectivity index is 1.64. The van der Waals surface area contributed by atoms with Gasteiger partial charge in [-0.05, 0) is 82.4 Å². The Morgan fingerprint density at radius 2 is 1.73 bits per heavy atom. The molecule has 224 valence electrons.